The van der Waals surface area contributed by atoms with E-state index in [1.165, 1.54) is 4.90 Å². The van der Waals surface area contributed by atoms with Crippen LogP contribution in [0.4, 0.5) is 11.4 Å². The molecule has 1 saturated heterocycles. The standard InChI is InChI=1S/C24H22N2O3/c1-13-7-10-17(11-14(13)2)25-22(27)18-5-3-4-6-19(18)26-23(28)20-15-8-9-16(12-15)21(20)24(26)29/h3-11,15-16,20-21H,12H2,1-2H3,(H,25,27)/t15-,16+,20-,21-/m0/s1. The molecule has 2 fully saturated rings. The van der Waals surface area contributed by atoms with Crippen molar-refractivity contribution in [1.29, 1.82) is 0 Å². The van der Waals surface area contributed by atoms with Gasteiger partial charge in [-0.05, 0) is 67.5 Å². The molecule has 5 nitrogen and oxygen atoms in total. The van der Waals surface area contributed by atoms with E-state index >= 15 is 0 Å². The minimum absolute atomic E-state index is 0.142. The summed E-state index contributed by atoms with van der Waals surface area (Å²) in [5.41, 5.74) is 3.61. The third kappa shape index (κ3) is 2.64. The number of anilines is 2. The fraction of sp³-hybridized carbons (Fsp3) is 0.292. The van der Waals surface area contributed by atoms with Crippen molar-refractivity contribution in [2.45, 2.75) is 20.3 Å². The van der Waals surface area contributed by atoms with Gasteiger partial charge in [-0.25, -0.2) is 4.90 Å². The maximum absolute atomic E-state index is 13.1. The van der Waals surface area contributed by atoms with Crippen LogP contribution < -0.4 is 10.2 Å². The lowest BCUT2D eigenvalue weighted by Crippen LogP contribution is -2.34. The molecule has 5 rings (SSSR count). The number of allylic oxidation sites excluding steroid dienone is 2. The van der Waals surface area contributed by atoms with Crippen LogP contribution in [0.2, 0.25) is 0 Å². The molecule has 29 heavy (non-hydrogen) atoms. The Bertz CT molecular complexity index is 1060. The third-order valence-electron chi connectivity index (χ3n) is 6.62. The molecular weight excluding hydrogens is 364 g/mol. The van der Waals surface area contributed by atoms with Crippen molar-refractivity contribution < 1.29 is 14.4 Å². The molecule has 2 aromatic carbocycles. The molecule has 0 spiro atoms. The third-order valence-corrected chi connectivity index (χ3v) is 6.62. The highest BCUT2D eigenvalue weighted by Crippen LogP contribution is 2.53. The fourth-order valence-electron chi connectivity index (χ4n) is 5.02. The quantitative estimate of drug-likeness (QED) is 0.643. The van der Waals surface area contributed by atoms with E-state index in [-0.39, 0.29) is 41.4 Å². The van der Waals surface area contributed by atoms with Crippen molar-refractivity contribution in [2.75, 3.05) is 10.2 Å². The summed E-state index contributed by atoms with van der Waals surface area (Å²) in [6.07, 6.45) is 5.02. The smallest absolute Gasteiger partial charge is 0.257 e. The summed E-state index contributed by atoms with van der Waals surface area (Å²) in [5.74, 6) is -0.971. The number of fused-ring (bicyclic) bond motifs is 5. The first-order valence-corrected chi connectivity index (χ1v) is 9.99. The van der Waals surface area contributed by atoms with Crippen molar-refractivity contribution in [1.82, 2.24) is 0 Å². The van der Waals surface area contributed by atoms with Crippen molar-refractivity contribution in [3.05, 3.63) is 71.3 Å². The molecule has 146 valence electrons. The number of amides is 3. The predicted octanol–water partition coefficient (Wildman–Crippen LogP) is 3.87. The second kappa shape index (κ2) is 6.41. The molecule has 1 N–H and O–H groups in total. The van der Waals surface area contributed by atoms with Crippen LogP contribution in [0.1, 0.15) is 27.9 Å². The fourth-order valence-corrected chi connectivity index (χ4v) is 5.02. The van der Waals surface area contributed by atoms with Gasteiger partial charge in [-0.1, -0.05) is 30.4 Å². The Hall–Kier alpha value is -3.21. The number of hydrogen-bond acceptors (Lipinski definition) is 3. The van der Waals surface area contributed by atoms with Crippen LogP contribution in [0.5, 0.6) is 0 Å². The molecule has 0 radical (unpaired) electrons. The zero-order valence-corrected chi connectivity index (χ0v) is 16.4. The molecule has 0 unspecified atom stereocenters. The minimum atomic E-state index is -0.331. The lowest BCUT2D eigenvalue weighted by atomic mass is 9.85. The van der Waals surface area contributed by atoms with Gasteiger partial charge in [0.05, 0.1) is 23.1 Å². The van der Waals surface area contributed by atoms with Crippen LogP contribution in [0.3, 0.4) is 0 Å². The van der Waals surface area contributed by atoms with Gasteiger partial charge in [-0.3, -0.25) is 14.4 Å². The lowest BCUT2D eigenvalue weighted by Gasteiger charge is -2.20. The van der Waals surface area contributed by atoms with Gasteiger partial charge in [0.1, 0.15) is 0 Å². The van der Waals surface area contributed by atoms with Crippen molar-refractivity contribution in [3.63, 3.8) is 0 Å². The zero-order valence-electron chi connectivity index (χ0n) is 16.4. The first kappa shape index (κ1) is 17.9. The van der Waals surface area contributed by atoms with Crippen LogP contribution in [0.15, 0.2) is 54.6 Å². The summed E-state index contributed by atoms with van der Waals surface area (Å²) >= 11 is 0. The summed E-state index contributed by atoms with van der Waals surface area (Å²) < 4.78 is 0. The summed E-state index contributed by atoms with van der Waals surface area (Å²) in [4.78, 5) is 40.5. The molecule has 5 heteroatoms. The molecule has 3 aliphatic rings. The Labute approximate surface area is 169 Å². The topological polar surface area (TPSA) is 66.5 Å². The first-order chi connectivity index (χ1) is 14.0. The maximum atomic E-state index is 13.1. The number of carbonyl (C=O) groups is 3. The van der Waals surface area contributed by atoms with Gasteiger partial charge >= 0.3 is 0 Å². The average molecular weight is 386 g/mol. The normalized spacial score (nSPS) is 26.9. The highest BCUT2D eigenvalue weighted by Gasteiger charge is 2.59. The van der Waals surface area contributed by atoms with E-state index in [9.17, 15) is 14.4 Å². The summed E-state index contributed by atoms with van der Waals surface area (Å²) in [6, 6.07) is 12.6. The van der Waals surface area contributed by atoms with Gasteiger partial charge in [0.15, 0.2) is 0 Å². The number of benzene rings is 2. The maximum Gasteiger partial charge on any atom is 0.257 e. The monoisotopic (exact) mass is 386 g/mol. The molecule has 2 bridgehead atoms. The Morgan fingerprint density at radius 3 is 2.24 bits per heavy atom. The van der Waals surface area contributed by atoms with E-state index in [0.29, 0.717) is 16.9 Å². The highest BCUT2D eigenvalue weighted by molar-refractivity contribution is 6.25. The Morgan fingerprint density at radius 2 is 1.59 bits per heavy atom. The summed E-state index contributed by atoms with van der Waals surface area (Å²) in [5, 5.41) is 2.90. The van der Waals surface area contributed by atoms with Crippen LogP contribution in [-0.2, 0) is 9.59 Å². The van der Waals surface area contributed by atoms with E-state index in [2.05, 4.69) is 17.5 Å². The van der Waals surface area contributed by atoms with E-state index in [0.717, 1.165) is 17.5 Å². The van der Waals surface area contributed by atoms with E-state index in [1.807, 2.05) is 32.0 Å². The molecule has 1 saturated carbocycles. The molecule has 2 aromatic rings. The first-order valence-electron chi connectivity index (χ1n) is 9.99. The number of carbonyl (C=O) groups excluding carboxylic acids is 3. The van der Waals surface area contributed by atoms with E-state index < -0.39 is 0 Å². The number of nitrogens with one attached hydrogen (secondary N) is 1. The lowest BCUT2D eigenvalue weighted by molar-refractivity contribution is -0.123. The number of hydrogen-bond donors (Lipinski definition) is 1. The van der Waals surface area contributed by atoms with Crippen LogP contribution in [0.25, 0.3) is 0 Å². The van der Waals surface area contributed by atoms with Crippen LogP contribution >= 0.6 is 0 Å². The number of imide groups is 1. The number of para-hydroxylation sites is 1. The summed E-state index contributed by atoms with van der Waals surface area (Å²) in [6.45, 7) is 4.00. The zero-order chi connectivity index (χ0) is 20.3. The number of rotatable bonds is 3. The van der Waals surface area contributed by atoms with Crippen molar-refractivity contribution >= 4 is 29.1 Å². The summed E-state index contributed by atoms with van der Waals surface area (Å²) in [7, 11) is 0. The van der Waals surface area contributed by atoms with E-state index in [4.69, 9.17) is 0 Å². The van der Waals surface area contributed by atoms with Gasteiger partial charge in [0.2, 0.25) is 11.8 Å². The molecule has 3 amide bonds. The SMILES string of the molecule is Cc1ccc(NC(=O)c2ccccc2N2C(=O)[C@@H]3[C@@H](C2=O)[C@H]2C=C[C@@H]3C2)cc1C. The van der Waals surface area contributed by atoms with E-state index in [1.54, 1.807) is 24.3 Å². The Morgan fingerprint density at radius 1 is 0.931 bits per heavy atom. The molecule has 2 aliphatic carbocycles. The van der Waals surface area contributed by atoms with Gasteiger partial charge in [-0.2, -0.15) is 0 Å². The minimum Gasteiger partial charge on any atom is -0.322 e. The largest absolute Gasteiger partial charge is 0.322 e. The van der Waals surface area contributed by atoms with Gasteiger partial charge in [0.25, 0.3) is 5.91 Å². The Kier molecular flexibility index (Phi) is 3.95. The molecule has 4 atom stereocenters. The Balaban J connectivity index is 1.47. The number of nitrogens with zero attached hydrogens (tertiary/aromatic N) is 1. The molecule has 0 aromatic heterocycles. The number of aryl methyl sites for hydroxylation is 2. The van der Waals surface area contributed by atoms with Gasteiger partial charge < -0.3 is 5.32 Å². The molecule has 1 aliphatic heterocycles. The molecular formula is C24H22N2O3. The van der Waals surface area contributed by atoms with Crippen LogP contribution in [0, 0.1) is 37.5 Å². The van der Waals surface area contributed by atoms with Crippen molar-refractivity contribution in [2.24, 2.45) is 23.7 Å². The highest BCUT2D eigenvalue weighted by atomic mass is 16.2. The second-order valence-corrected chi connectivity index (χ2v) is 8.28. The van der Waals surface area contributed by atoms with Gasteiger partial charge in [-0.15, -0.1) is 0 Å². The van der Waals surface area contributed by atoms with Crippen LogP contribution in [-0.4, -0.2) is 17.7 Å². The van der Waals surface area contributed by atoms with Gasteiger partial charge in [0, 0.05) is 5.69 Å². The van der Waals surface area contributed by atoms with Crippen molar-refractivity contribution in [3.8, 4) is 0 Å². The predicted molar refractivity (Wildman–Crippen MR) is 111 cm³/mol. The molecule has 1 heterocycles. The second-order valence-electron chi connectivity index (χ2n) is 8.28. The average Bonchev–Trinajstić information content (AvgIpc) is 3.39.